The topological polar surface area (TPSA) is 84.0 Å². The number of aromatic amines is 1. The Kier molecular flexibility index (Phi) is 6.21. The number of fused-ring (bicyclic) bond motifs is 2. The number of rotatable bonds is 6. The predicted molar refractivity (Wildman–Crippen MR) is 139 cm³/mol. The number of hydrogen-bond acceptors (Lipinski definition) is 3. The fourth-order valence-electron chi connectivity index (χ4n) is 4.40. The van der Waals surface area contributed by atoms with Crippen LogP contribution in [-0.4, -0.2) is 15.5 Å². The number of benzene rings is 4. The van der Waals surface area contributed by atoms with E-state index in [9.17, 15) is 14.4 Å². The molecule has 2 N–H and O–H groups in total. The summed E-state index contributed by atoms with van der Waals surface area (Å²) in [5.41, 5.74) is 0.834. The molecule has 0 saturated carbocycles. The summed E-state index contributed by atoms with van der Waals surface area (Å²) in [5, 5.41) is 5.43. The Morgan fingerprint density at radius 3 is 2.43 bits per heavy atom. The monoisotopic (exact) mass is 483 g/mol. The van der Waals surface area contributed by atoms with Gasteiger partial charge in [0.05, 0.1) is 15.9 Å². The van der Waals surface area contributed by atoms with E-state index < -0.39 is 23.2 Å². The van der Waals surface area contributed by atoms with Crippen molar-refractivity contribution in [2.75, 3.05) is 0 Å². The zero-order valence-corrected chi connectivity index (χ0v) is 19.5. The SMILES string of the molecule is O=C(NCc1cccc2ccccc12)C(Cc1ccccc1)n1c(=O)[nH]c2cccc(Cl)c2c1=O. The molecule has 4 aromatic carbocycles. The standard InChI is InChI=1S/C28H22ClN3O3/c29-22-14-7-15-23-25(22)27(34)32(28(35)31-23)24(16-18-8-2-1-3-9-18)26(33)30-17-20-12-6-11-19-10-4-5-13-21(19)20/h1-15,24H,16-17H2,(H,30,33)(H,31,35). The van der Waals surface area contributed by atoms with Gasteiger partial charge in [0.15, 0.2) is 0 Å². The number of carbonyl (C=O) groups excluding carboxylic acids is 1. The zero-order chi connectivity index (χ0) is 24.4. The number of H-pyrrole nitrogens is 1. The summed E-state index contributed by atoms with van der Waals surface area (Å²) in [6.45, 7) is 0.256. The zero-order valence-electron chi connectivity index (χ0n) is 18.7. The average Bonchev–Trinajstić information content (AvgIpc) is 2.87. The highest BCUT2D eigenvalue weighted by Gasteiger charge is 2.26. The van der Waals surface area contributed by atoms with Crippen LogP contribution < -0.4 is 16.6 Å². The molecule has 1 atom stereocenters. The largest absolute Gasteiger partial charge is 0.350 e. The lowest BCUT2D eigenvalue weighted by Crippen LogP contribution is -2.45. The Bertz CT molecular complexity index is 1650. The smallest absolute Gasteiger partial charge is 0.329 e. The van der Waals surface area contributed by atoms with Gasteiger partial charge in [-0.3, -0.25) is 9.59 Å². The van der Waals surface area contributed by atoms with Crippen LogP contribution in [0.3, 0.4) is 0 Å². The first-order chi connectivity index (χ1) is 17.0. The van der Waals surface area contributed by atoms with Gasteiger partial charge in [0, 0.05) is 13.0 Å². The minimum Gasteiger partial charge on any atom is -0.350 e. The van der Waals surface area contributed by atoms with Crippen LogP contribution in [0.15, 0.2) is 101 Å². The average molecular weight is 484 g/mol. The van der Waals surface area contributed by atoms with E-state index in [1.54, 1.807) is 18.2 Å². The highest BCUT2D eigenvalue weighted by molar-refractivity contribution is 6.35. The molecule has 0 bridgehead atoms. The second-order valence-corrected chi connectivity index (χ2v) is 8.74. The minimum absolute atomic E-state index is 0.168. The molecule has 0 fully saturated rings. The Morgan fingerprint density at radius 2 is 1.60 bits per heavy atom. The third-order valence-corrected chi connectivity index (χ3v) is 6.44. The van der Waals surface area contributed by atoms with Crippen LogP contribution in [0.25, 0.3) is 21.7 Å². The molecule has 5 aromatic rings. The van der Waals surface area contributed by atoms with Crippen LogP contribution in [-0.2, 0) is 17.8 Å². The van der Waals surface area contributed by atoms with Gasteiger partial charge in [-0.15, -0.1) is 0 Å². The van der Waals surface area contributed by atoms with E-state index in [0.717, 1.165) is 26.5 Å². The van der Waals surface area contributed by atoms with Gasteiger partial charge in [0.1, 0.15) is 6.04 Å². The first kappa shape index (κ1) is 22.6. The van der Waals surface area contributed by atoms with Gasteiger partial charge in [0.25, 0.3) is 5.56 Å². The van der Waals surface area contributed by atoms with E-state index in [1.165, 1.54) is 0 Å². The predicted octanol–water partition coefficient (Wildman–Crippen LogP) is 4.60. The van der Waals surface area contributed by atoms with Crippen LogP contribution in [0.1, 0.15) is 17.2 Å². The summed E-state index contributed by atoms with van der Waals surface area (Å²) in [4.78, 5) is 42.7. The van der Waals surface area contributed by atoms with Gasteiger partial charge in [-0.25, -0.2) is 9.36 Å². The molecule has 1 heterocycles. The lowest BCUT2D eigenvalue weighted by molar-refractivity contribution is -0.124. The molecular formula is C28H22ClN3O3. The van der Waals surface area contributed by atoms with Gasteiger partial charge in [-0.2, -0.15) is 0 Å². The van der Waals surface area contributed by atoms with Crippen LogP contribution in [0.5, 0.6) is 0 Å². The molecule has 1 amide bonds. The van der Waals surface area contributed by atoms with Crippen LogP contribution in [0.2, 0.25) is 5.02 Å². The number of aromatic nitrogens is 2. The molecule has 174 valence electrons. The van der Waals surface area contributed by atoms with Crippen molar-refractivity contribution in [3.63, 3.8) is 0 Å². The van der Waals surface area contributed by atoms with Crippen LogP contribution in [0, 0.1) is 0 Å². The van der Waals surface area contributed by atoms with Gasteiger partial charge < -0.3 is 10.3 Å². The lowest BCUT2D eigenvalue weighted by Gasteiger charge is -2.20. The maximum atomic E-state index is 13.5. The van der Waals surface area contributed by atoms with Gasteiger partial charge in [-0.05, 0) is 34.0 Å². The highest BCUT2D eigenvalue weighted by atomic mass is 35.5. The van der Waals surface area contributed by atoms with Crippen molar-refractivity contribution in [1.29, 1.82) is 0 Å². The summed E-state index contributed by atoms with van der Waals surface area (Å²) < 4.78 is 0.972. The second-order valence-electron chi connectivity index (χ2n) is 8.33. The van der Waals surface area contributed by atoms with Crippen molar-refractivity contribution in [2.24, 2.45) is 0 Å². The summed E-state index contributed by atoms with van der Waals surface area (Å²) >= 11 is 6.29. The molecule has 0 aliphatic rings. The number of halogens is 1. The summed E-state index contributed by atoms with van der Waals surface area (Å²) in [6.07, 6.45) is 0.168. The van der Waals surface area contributed by atoms with Crippen molar-refractivity contribution in [3.05, 3.63) is 128 Å². The quantitative estimate of drug-likeness (QED) is 0.370. The molecule has 7 heteroatoms. The molecule has 0 aliphatic carbocycles. The van der Waals surface area contributed by atoms with Crippen LogP contribution >= 0.6 is 11.6 Å². The third kappa shape index (κ3) is 4.48. The Balaban J connectivity index is 1.55. The van der Waals surface area contributed by atoms with Gasteiger partial charge in [0.2, 0.25) is 5.91 Å². The number of carbonyl (C=O) groups is 1. The normalized spacial score (nSPS) is 12.0. The Labute approximate surface area is 205 Å². The van der Waals surface area contributed by atoms with E-state index in [2.05, 4.69) is 10.3 Å². The molecule has 1 unspecified atom stereocenters. The van der Waals surface area contributed by atoms with Crippen molar-refractivity contribution in [3.8, 4) is 0 Å². The number of nitrogens with one attached hydrogen (secondary N) is 2. The first-order valence-electron chi connectivity index (χ1n) is 11.2. The molecule has 0 radical (unpaired) electrons. The Morgan fingerprint density at radius 1 is 0.886 bits per heavy atom. The number of nitrogens with zero attached hydrogens (tertiary/aromatic N) is 1. The number of amides is 1. The maximum Gasteiger partial charge on any atom is 0.329 e. The molecule has 0 aliphatic heterocycles. The fourth-order valence-corrected chi connectivity index (χ4v) is 4.66. The summed E-state index contributed by atoms with van der Waals surface area (Å²) in [5.74, 6) is -0.430. The molecule has 6 nitrogen and oxygen atoms in total. The lowest BCUT2D eigenvalue weighted by atomic mass is 10.0. The molecule has 0 saturated heterocycles. The third-order valence-electron chi connectivity index (χ3n) is 6.13. The van der Waals surface area contributed by atoms with Crippen molar-refractivity contribution < 1.29 is 4.79 Å². The van der Waals surface area contributed by atoms with E-state index in [-0.39, 0.29) is 23.4 Å². The van der Waals surface area contributed by atoms with E-state index in [0.29, 0.717) is 5.52 Å². The second kappa shape index (κ2) is 9.60. The summed E-state index contributed by atoms with van der Waals surface area (Å²) in [6, 6.07) is 26.9. The van der Waals surface area contributed by atoms with Crippen molar-refractivity contribution in [1.82, 2.24) is 14.9 Å². The first-order valence-corrected chi connectivity index (χ1v) is 11.6. The van der Waals surface area contributed by atoms with Gasteiger partial charge in [-0.1, -0.05) is 90.5 Å². The molecule has 35 heavy (non-hydrogen) atoms. The molecule has 5 rings (SSSR count). The minimum atomic E-state index is -1.07. The molecule has 0 spiro atoms. The van der Waals surface area contributed by atoms with E-state index >= 15 is 0 Å². The van der Waals surface area contributed by atoms with Crippen molar-refractivity contribution in [2.45, 2.75) is 19.0 Å². The van der Waals surface area contributed by atoms with Crippen molar-refractivity contribution >= 4 is 39.2 Å². The number of hydrogen-bond donors (Lipinski definition) is 2. The van der Waals surface area contributed by atoms with E-state index in [4.69, 9.17) is 11.6 Å². The van der Waals surface area contributed by atoms with Crippen LogP contribution in [0.4, 0.5) is 0 Å². The summed E-state index contributed by atoms with van der Waals surface area (Å²) in [7, 11) is 0. The maximum absolute atomic E-state index is 13.5. The highest BCUT2D eigenvalue weighted by Crippen LogP contribution is 2.21. The fraction of sp³-hybridized carbons (Fsp3) is 0.107. The Hall–Kier alpha value is -4.16. The van der Waals surface area contributed by atoms with E-state index in [1.807, 2.05) is 72.8 Å². The molecular weight excluding hydrogens is 462 g/mol. The van der Waals surface area contributed by atoms with Gasteiger partial charge >= 0.3 is 5.69 Å². The molecule has 1 aromatic heterocycles.